The van der Waals surface area contributed by atoms with Crippen LogP contribution in [0.5, 0.6) is 0 Å². The molecule has 0 radical (unpaired) electrons. The minimum Gasteiger partial charge on any atom is -0.333 e. The second-order valence-corrected chi connectivity index (χ2v) is 7.32. The molecule has 1 N–H and O–H groups in total. The molecule has 1 fully saturated rings. The van der Waals surface area contributed by atoms with Gasteiger partial charge in [-0.1, -0.05) is 41.9 Å². The summed E-state index contributed by atoms with van der Waals surface area (Å²) < 4.78 is 39.2. The fraction of sp³-hybridized carbons (Fsp3) is 0.333. The second kappa shape index (κ2) is 8.45. The SMILES string of the molecule is CCN(CC(=O)Nc1ccccc1C(F)(F)F)C(=O)C1CC1c1ccccc1Cl. The molecule has 2 atom stereocenters. The lowest BCUT2D eigenvalue weighted by molar-refractivity contribution is -0.137. The van der Waals surface area contributed by atoms with Crippen molar-refractivity contribution in [3.8, 4) is 0 Å². The summed E-state index contributed by atoms with van der Waals surface area (Å²) in [6.07, 6.45) is -3.95. The Bertz CT molecular complexity index is 917. The van der Waals surface area contributed by atoms with Gasteiger partial charge >= 0.3 is 6.18 Å². The molecule has 1 aliphatic carbocycles. The van der Waals surface area contributed by atoms with Crippen LogP contribution in [0.1, 0.15) is 30.4 Å². The fourth-order valence-electron chi connectivity index (χ4n) is 3.37. The number of nitrogens with one attached hydrogen (secondary N) is 1. The van der Waals surface area contributed by atoms with Gasteiger partial charge in [0, 0.05) is 17.5 Å². The number of carbonyl (C=O) groups is 2. The van der Waals surface area contributed by atoms with Crippen LogP contribution in [-0.4, -0.2) is 29.8 Å². The van der Waals surface area contributed by atoms with E-state index in [1.807, 2.05) is 18.2 Å². The Morgan fingerprint density at radius 1 is 1.14 bits per heavy atom. The van der Waals surface area contributed by atoms with Gasteiger partial charge in [0.25, 0.3) is 0 Å². The zero-order valence-electron chi connectivity index (χ0n) is 15.7. The number of hydrogen-bond donors (Lipinski definition) is 1. The fourth-order valence-corrected chi connectivity index (χ4v) is 3.65. The van der Waals surface area contributed by atoms with E-state index >= 15 is 0 Å². The summed E-state index contributed by atoms with van der Waals surface area (Å²) in [6.45, 7) is 1.69. The molecule has 0 bridgehead atoms. The van der Waals surface area contributed by atoms with Crippen molar-refractivity contribution in [2.75, 3.05) is 18.4 Å². The molecule has 2 aromatic rings. The van der Waals surface area contributed by atoms with Gasteiger partial charge in [0.15, 0.2) is 0 Å². The van der Waals surface area contributed by atoms with E-state index in [0.717, 1.165) is 11.6 Å². The Morgan fingerprint density at radius 3 is 2.45 bits per heavy atom. The third kappa shape index (κ3) is 4.90. The molecule has 2 amide bonds. The maximum atomic E-state index is 13.1. The van der Waals surface area contributed by atoms with Crippen LogP contribution in [0.4, 0.5) is 18.9 Å². The quantitative estimate of drug-likeness (QED) is 0.713. The number of anilines is 1. The Hall–Kier alpha value is -2.54. The molecule has 1 saturated carbocycles. The molecule has 8 heteroatoms. The van der Waals surface area contributed by atoms with Crippen LogP contribution >= 0.6 is 11.6 Å². The largest absolute Gasteiger partial charge is 0.418 e. The van der Waals surface area contributed by atoms with Gasteiger partial charge in [0.05, 0.1) is 17.8 Å². The highest BCUT2D eigenvalue weighted by atomic mass is 35.5. The predicted molar refractivity (Wildman–Crippen MR) is 105 cm³/mol. The van der Waals surface area contributed by atoms with Crippen molar-refractivity contribution < 1.29 is 22.8 Å². The third-order valence-corrected chi connectivity index (χ3v) is 5.29. The number of alkyl halides is 3. The molecule has 3 rings (SSSR count). The first-order chi connectivity index (χ1) is 13.7. The number of likely N-dealkylation sites (N-methyl/N-ethyl adjacent to an activating group) is 1. The van der Waals surface area contributed by atoms with Crippen molar-refractivity contribution in [1.29, 1.82) is 0 Å². The highest BCUT2D eigenvalue weighted by Crippen LogP contribution is 2.50. The van der Waals surface area contributed by atoms with Crippen LogP contribution in [0.25, 0.3) is 0 Å². The maximum absolute atomic E-state index is 13.1. The summed E-state index contributed by atoms with van der Waals surface area (Å²) in [5, 5.41) is 2.87. The normalized spacial score (nSPS) is 18.2. The summed E-state index contributed by atoms with van der Waals surface area (Å²) in [6, 6.07) is 12.0. The number of hydrogen-bond acceptors (Lipinski definition) is 2. The van der Waals surface area contributed by atoms with Gasteiger partial charge in [-0.3, -0.25) is 9.59 Å². The first-order valence-electron chi connectivity index (χ1n) is 9.21. The van der Waals surface area contributed by atoms with Crippen molar-refractivity contribution in [3.05, 3.63) is 64.7 Å². The average molecular weight is 425 g/mol. The van der Waals surface area contributed by atoms with Gasteiger partial charge in [0.2, 0.25) is 11.8 Å². The van der Waals surface area contributed by atoms with E-state index in [4.69, 9.17) is 11.6 Å². The number of carbonyl (C=O) groups excluding carboxylic acids is 2. The molecule has 2 aromatic carbocycles. The highest BCUT2D eigenvalue weighted by Gasteiger charge is 2.46. The second-order valence-electron chi connectivity index (χ2n) is 6.91. The number of rotatable bonds is 6. The van der Waals surface area contributed by atoms with Crippen LogP contribution in [0.15, 0.2) is 48.5 Å². The number of para-hydroxylation sites is 1. The molecule has 0 spiro atoms. The molecular weight excluding hydrogens is 405 g/mol. The van der Waals surface area contributed by atoms with Gasteiger partial charge < -0.3 is 10.2 Å². The zero-order chi connectivity index (χ0) is 21.2. The van der Waals surface area contributed by atoms with E-state index in [2.05, 4.69) is 5.32 Å². The first kappa shape index (κ1) is 21.2. The van der Waals surface area contributed by atoms with Crippen molar-refractivity contribution in [1.82, 2.24) is 4.90 Å². The molecule has 29 heavy (non-hydrogen) atoms. The van der Waals surface area contributed by atoms with Crippen LogP contribution in [0, 0.1) is 5.92 Å². The molecule has 2 unspecified atom stereocenters. The van der Waals surface area contributed by atoms with E-state index in [9.17, 15) is 22.8 Å². The summed E-state index contributed by atoms with van der Waals surface area (Å²) in [5.41, 5.74) is -0.357. The molecule has 1 aliphatic rings. The lowest BCUT2D eigenvalue weighted by atomic mass is 10.1. The van der Waals surface area contributed by atoms with Crippen molar-refractivity contribution in [2.45, 2.75) is 25.4 Å². The van der Waals surface area contributed by atoms with E-state index in [1.54, 1.807) is 13.0 Å². The molecule has 4 nitrogen and oxygen atoms in total. The number of halogens is 4. The summed E-state index contributed by atoms with van der Waals surface area (Å²) >= 11 is 6.19. The average Bonchev–Trinajstić information content (AvgIpc) is 3.46. The van der Waals surface area contributed by atoms with Crippen LogP contribution in [-0.2, 0) is 15.8 Å². The Labute approximate surface area is 171 Å². The van der Waals surface area contributed by atoms with Gasteiger partial charge in [-0.2, -0.15) is 13.2 Å². The summed E-state index contributed by atoms with van der Waals surface area (Å²) in [4.78, 5) is 26.4. The van der Waals surface area contributed by atoms with E-state index in [1.165, 1.54) is 23.1 Å². The Morgan fingerprint density at radius 2 is 1.79 bits per heavy atom. The Balaban J connectivity index is 1.64. The number of amides is 2. The molecule has 0 aromatic heterocycles. The van der Waals surface area contributed by atoms with E-state index in [0.29, 0.717) is 11.4 Å². The van der Waals surface area contributed by atoms with Gasteiger partial charge in [-0.15, -0.1) is 0 Å². The van der Waals surface area contributed by atoms with Crippen molar-refractivity contribution >= 4 is 29.1 Å². The minimum atomic E-state index is -4.58. The molecule has 0 aliphatic heterocycles. The first-order valence-corrected chi connectivity index (χ1v) is 9.59. The van der Waals surface area contributed by atoms with Crippen LogP contribution < -0.4 is 5.32 Å². The van der Waals surface area contributed by atoms with Gasteiger partial charge in [0.1, 0.15) is 0 Å². The van der Waals surface area contributed by atoms with Crippen LogP contribution in [0.3, 0.4) is 0 Å². The molecule has 0 heterocycles. The summed E-state index contributed by atoms with van der Waals surface area (Å²) in [5.74, 6) is -1.15. The standard InChI is InChI=1S/C21H20ClF3N2O2/c1-2-27(20(29)15-11-14(15)13-7-3-5-9-17(13)22)12-19(28)26-18-10-6-4-8-16(18)21(23,24)25/h3-10,14-15H,2,11-12H2,1H3,(H,26,28). The lowest BCUT2D eigenvalue weighted by Gasteiger charge is -2.21. The van der Waals surface area contributed by atoms with Gasteiger partial charge in [-0.25, -0.2) is 0 Å². The van der Waals surface area contributed by atoms with E-state index in [-0.39, 0.29) is 36.5 Å². The summed E-state index contributed by atoms with van der Waals surface area (Å²) in [7, 11) is 0. The van der Waals surface area contributed by atoms with E-state index < -0.39 is 17.6 Å². The highest BCUT2D eigenvalue weighted by molar-refractivity contribution is 6.31. The Kier molecular flexibility index (Phi) is 6.17. The molecule has 0 saturated heterocycles. The zero-order valence-corrected chi connectivity index (χ0v) is 16.4. The number of nitrogens with zero attached hydrogens (tertiary/aromatic N) is 1. The number of benzene rings is 2. The topological polar surface area (TPSA) is 49.4 Å². The van der Waals surface area contributed by atoms with Gasteiger partial charge in [-0.05, 0) is 43.0 Å². The smallest absolute Gasteiger partial charge is 0.333 e. The molecular formula is C21H20ClF3N2O2. The molecule has 154 valence electrons. The monoisotopic (exact) mass is 424 g/mol. The predicted octanol–water partition coefficient (Wildman–Crippen LogP) is 4.95. The van der Waals surface area contributed by atoms with Crippen molar-refractivity contribution in [2.24, 2.45) is 5.92 Å². The third-order valence-electron chi connectivity index (χ3n) is 4.95. The van der Waals surface area contributed by atoms with Crippen molar-refractivity contribution in [3.63, 3.8) is 0 Å². The minimum absolute atomic E-state index is 0.000679. The maximum Gasteiger partial charge on any atom is 0.418 e. The van der Waals surface area contributed by atoms with Crippen LogP contribution in [0.2, 0.25) is 5.02 Å². The lowest BCUT2D eigenvalue weighted by Crippen LogP contribution is -2.39.